The predicted octanol–water partition coefficient (Wildman–Crippen LogP) is 19.4. The first-order valence-corrected chi connectivity index (χ1v) is 26.1. The first-order chi connectivity index (χ1) is 32.5. The van der Waals surface area contributed by atoms with Crippen LogP contribution in [0, 0.1) is 13.8 Å². The van der Waals surface area contributed by atoms with Crippen molar-refractivity contribution in [2.75, 3.05) is 0 Å². The molecule has 0 aliphatic heterocycles. The van der Waals surface area contributed by atoms with Crippen molar-refractivity contribution in [1.29, 1.82) is 0 Å². The monoisotopic (exact) mass is 890 g/mol. The molecule has 0 amide bonds. The van der Waals surface area contributed by atoms with E-state index in [0.717, 1.165) is 17.6 Å². The zero-order valence-electron chi connectivity index (χ0n) is 38.0. The fraction of sp³-hybridized carbons (Fsp3) is 0.238. The van der Waals surface area contributed by atoms with E-state index in [1.807, 2.05) is 22.7 Å². The van der Waals surface area contributed by atoms with Gasteiger partial charge >= 0.3 is 0 Å². The van der Waals surface area contributed by atoms with Crippen molar-refractivity contribution < 1.29 is 4.42 Å². The van der Waals surface area contributed by atoms with Gasteiger partial charge in [0.1, 0.15) is 11.2 Å². The van der Waals surface area contributed by atoms with Crippen LogP contribution in [-0.2, 0) is 6.42 Å². The largest absolute Gasteiger partial charge is 0.455 e. The maximum Gasteiger partial charge on any atom is 0.138 e. The van der Waals surface area contributed by atoms with Crippen molar-refractivity contribution in [3.8, 4) is 22.3 Å². The number of furan rings is 1. The SMILES string of the molecule is Cc1cc(Cc2ccc(-c3cccc4c3sc3c(-c5ccccc5)cc(C5CCC(c6cccc7c6sc6c(C)cccc67)CC5)cc34)cc2)cc2c1oc1c(C3CCCCC3)cccc12. The summed E-state index contributed by atoms with van der Waals surface area (Å²) in [5.74, 6) is 1.78. The van der Waals surface area contributed by atoms with Crippen molar-refractivity contribution in [1.82, 2.24) is 0 Å². The molecular formula is C63H54OS2. The minimum Gasteiger partial charge on any atom is -0.455 e. The van der Waals surface area contributed by atoms with Crippen LogP contribution in [0.4, 0.5) is 0 Å². The van der Waals surface area contributed by atoms with Crippen LogP contribution in [0.1, 0.15) is 114 Å². The van der Waals surface area contributed by atoms with Crippen molar-refractivity contribution in [2.45, 2.75) is 95.8 Å². The van der Waals surface area contributed by atoms with Gasteiger partial charge in [-0.25, -0.2) is 0 Å². The van der Waals surface area contributed by atoms with Gasteiger partial charge in [-0.3, -0.25) is 0 Å². The third-order valence-corrected chi connectivity index (χ3v) is 18.4. The number of fused-ring (bicyclic) bond motifs is 9. The second-order valence-corrected chi connectivity index (χ2v) is 21.8. The van der Waals surface area contributed by atoms with Gasteiger partial charge < -0.3 is 4.42 Å². The first-order valence-electron chi connectivity index (χ1n) is 24.5. The molecule has 0 bridgehead atoms. The van der Waals surface area contributed by atoms with Crippen LogP contribution in [0.15, 0.2) is 156 Å². The molecule has 3 heterocycles. The molecule has 0 saturated heterocycles. The quantitative estimate of drug-likeness (QED) is 0.155. The number of rotatable bonds is 7. The van der Waals surface area contributed by atoms with Crippen molar-refractivity contribution >= 4 is 85.0 Å². The van der Waals surface area contributed by atoms with Crippen molar-refractivity contribution in [3.63, 3.8) is 0 Å². The fourth-order valence-electron chi connectivity index (χ4n) is 12.3. The smallest absolute Gasteiger partial charge is 0.138 e. The van der Waals surface area contributed by atoms with E-state index in [1.165, 1.54) is 165 Å². The van der Waals surface area contributed by atoms with Crippen LogP contribution in [0.2, 0.25) is 0 Å². The molecular weight excluding hydrogens is 837 g/mol. The fourth-order valence-corrected chi connectivity index (χ4v) is 15.0. The highest BCUT2D eigenvalue weighted by Gasteiger charge is 2.28. The number of hydrogen-bond donors (Lipinski definition) is 0. The topological polar surface area (TPSA) is 13.1 Å². The standard InChI is InChI=1S/C63H54OS2/c1-38-13-9-22-52-53-23-11-19-50(61(53)65-60(38)52)46-31-29-42(30-32-46)47-36-55(44-16-7-4-8-17-44)63-57(37-47)54-24-12-20-49(62(54)66-63)45-27-25-40(26-28-45)34-41-33-39(2)58-56(35-41)51-21-10-18-48(59(51)64-58)43-14-5-3-6-15-43/h4,7-13,16-28,33,35-37,42-43,46H,3,5-6,14-15,29-32,34H2,1-2H3. The predicted molar refractivity (Wildman–Crippen MR) is 285 cm³/mol. The zero-order chi connectivity index (χ0) is 43.9. The van der Waals surface area contributed by atoms with Crippen molar-refractivity contribution in [2.24, 2.45) is 0 Å². The molecule has 324 valence electrons. The van der Waals surface area contributed by atoms with Gasteiger partial charge in [-0.2, -0.15) is 0 Å². The second kappa shape index (κ2) is 16.4. The maximum absolute atomic E-state index is 6.71. The molecule has 2 saturated carbocycles. The maximum atomic E-state index is 6.71. The van der Waals surface area contributed by atoms with Gasteiger partial charge in [0.25, 0.3) is 0 Å². The molecule has 0 atom stereocenters. The van der Waals surface area contributed by atoms with Gasteiger partial charge in [0.05, 0.1) is 0 Å². The summed E-state index contributed by atoms with van der Waals surface area (Å²) in [7, 11) is 0. The average molecular weight is 891 g/mol. The number of hydrogen-bond acceptors (Lipinski definition) is 3. The Bertz CT molecular complexity index is 3620. The van der Waals surface area contributed by atoms with Gasteiger partial charge in [0.15, 0.2) is 0 Å². The Balaban J connectivity index is 0.808. The molecule has 2 aliphatic carbocycles. The Hall–Kier alpha value is -6.00. The van der Waals surface area contributed by atoms with Crippen LogP contribution in [0.25, 0.3) is 84.5 Å². The normalized spacial score (nSPS) is 17.3. The first kappa shape index (κ1) is 40.3. The van der Waals surface area contributed by atoms with E-state index in [-0.39, 0.29) is 0 Å². The van der Waals surface area contributed by atoms with Gasteiger partial charge in [-0.1, -0.05) is 153 Å². The van der Waals surface area contributed by atoms with E-state index < -0.39 is 0 Å². The molecule has 66 heavy (non-hydrogen) atoms. The number of aryl methyl sites for hydroxylation is 2. The number of para-hydroxylation sites is 1. The third-order valence-electron chi connectivity index (χ3n) is 15.7. The van der Waals surface area contributed by atoms with Crippen LogP contribution >= 0.6 is 22.7 Å². The molecule has 0 unspecified atom stereocenters. The molecule has 3 heteroatoms. The van der Waals surface area contributed by atoms with Crippen molar-refractivity contribution in [3.05, 3.63) is 191 Å². The minimum absolute atomic E-state index is 0.554. The highest BCUT2D eigenvalue weighted by molar-refractivity contribution is 7.27. The molecule has 3 aromatic heterocycles. The summed E-state index contributed by atoms with van der Waals surface area (Å²) in [6.45, 7) is 4.48. The molecule has 2 fully saturated rings. The van der Waals surface area contributed by atoms with Gasteiger partial charge in [0, 0.05) is 51.1 Å². The van der Waals surface area contributed by atoms with Gasteiger partial charge in [-0.15, -0.1) is 22.7 Å². The molecule has 8 aromatic carbocycles. The average Bonchev–Trinajstić information content (AvgIpc) is 4.07. The summed E-state index contributed by atoms with van der Waals surface area (Å²) in [5, 5.41) is 8.16. The lowest BCUT2D eigenvalue weighted by Crippen LogP contribution is -2.12. The van der Waals surface area contributed by atoms with E-state index in [4.69, 9.17) is 4.42 Å². The van der Waals surface area contributed by atoms with E-state index >= 15 is 0 Å². The van der Waals surface area contributed by atoms with Crippen LogP contribution in [-0.4, -0.2) is 0 Å². The van der Waals surface area contributed by atoms with E-state index in [1.54, 1.807) is 5.56 Å². The molecule has 1 nitrogen and oxygen atoms in total. The van der Waals surface area contributed by atoms with E-state index in [9.17, 15) is 0 Å². The Morgan fingerprint density at radius 2 is 1.05 bits per heavy atom. The van der Waals surface area contributed by atoms with Crippen LogP contribution in [0.5, 0.6) is 0 Å². The summed E-state index contributed by atoms with van der Waals surface area (Å²) in [4.78, 5) is 0. The Morgan fingerprint density at radius 1 is 0.409 bits per heavy atom. The zero-order valence-corrected chi connectivity index (χ0v) is 39.6. The van der Waals surface area contributed by atoms with Gasteiger partial charge in [-0.05, 0) is 156 Å². The molecule has 0 N–H and O–H groups in total. The number of thiophene rings is 2. The van der Waals surface area contributed by atoms with E-state index in [2.05, 4.69) is 166 Å². The lowest BCUT2D eigenvalue weighted by Gasteiger charge is -2.30. The third kappa shape index (κ3) is 6.84. The summed E-state index contributed by atoms with van der Waals surface area (Å²) in [5.41, 5.74) is 17.2. The highest BCUT2D eigenvalue weighted by Crippen LogP contribution is 2.50. The summed E-state index contributed by atoms with van der Waals surface area (Å²) in [6, 6.07) is 58.1. The summed E-state index contributed by atoms with van der Waals surface area (Å²) < 4.78 is 12.4. The minimum atomic E-state index is 0.554. The Kier molecular flexibility index (Phi) is 10.0. The molecule has 2 aliphatic rings. The number of benzene rings is 8. The molecule has 13 rings (SSSR count). The highest BCUT2D eigenvalue weighted by atomic mass is 32.1. The molecule has 0 spiro atoms. The Labute approximate surface area is 395 Å². The van der Waals surface area contributed by atoms with Crippen LogP contribution < -0.4 is 0 Å². The molecule has 0 radical (unpaired) electrons. The summed E-state index contributed by atoms with van der Waals surface area (Å²) >= 11 is 3.99. The molecule has 11 aromatic rings. The van der Waals surface area contributed by atoms with Crippen LogP contribution in [0.3, 0.4) is 0 Å². The van der Waals surface area contributed by atoms with E-state index in [0.29, 0.717) is 17.8 Å². The van der Waals surface area contributed by atoms with Gasteiger partial charge in [0.2, 0.25) is 0 Å². The Morgan fingerprint density at radius 3 is 1.85 bits per heavy atom. The lowest BCUT2D eigenvalue weighted by molar-refractivity contribution is 0.398. The second-order valence-electron chi connectivity index (χ2n) is 19.7. The summed E-state index contributed by atoms with van der Waals surface area (Å²) in [6.07, 6.45) is 12.4. The lowest BCUT2D eigenvalue weighted by atomic mass is 9.75.